The molecule has 0 fully saturated rings. The molecule has 3 heteroatoms. The van der Waals surface area contributed by atoms with E-state index in [-0.39, 0.29) is 0 Å². The van der Waals surface area contributed by atoms with Crippen LogP contribution < -0.4 is 0 Å². The van der Waals surface area contributed by atoms with Crippen LogP contribution in [-0.4, -0.2) is 15.8 Å². The molecule has 0 amide bonds. The first-order valence-corrected chi connectivity index (χ1v) is 5.64. The molecule has 1 aliphatic carbocycles. The summed E-state index contributed by atoms with van der Waals surface area (Å²) in [5, 5.41) is 0. The van der Waals surface area contributed by atoms with Crippen LogP contribution in [0.2, 0.25) is 0 Å². The molecule has 15 heavy (non-hydrogen) atoms. The first-order valence-electron chi connectivity index (χ1n) is 5.64. The fraction of sp³-hybridized carbons (Fsp3) is 0.583. The van der Waals surface area contributed by atoms with Crippen LogP contribution in [0.5, 0.6) is 0 Å². The van der Waals surface area contributed by atoms with Crippen molar-refractivity contribution in [1.29, 1.82) is 0 Å². The zero-order chi connectivity index (χ0) is 10.7. The quantitative estimate of drug-likeness (QED) is 0.752. The SMILES string of the molecule is CCCC(=O)Cc1ncnc2c1CCC2. The van der Waals surface area contributed by atoms with Crippen LogP contribution in [0.25, 0.3) is 0 Å². The monoisotopic (exact) mass is 204 g/mol. The van der Waals surface area contributed by atoms with Gasteiger partial charge in [0.2, 0.25) is 0 Å². The highest BCUT2D eigenvalue weighted by atomic mass is 16.1. The molecule has 0 spiro atoms. The van der Waals surface area contributed by atoms with E-state index >= 15 is 0 Å². The topological polar surface area (TPSA) is 42.9 Å². The lowest BCUT2D eigenvalue weighted by Crippen LogP contribution is -2.07. The number of aromatic nitrogens is 2. The molecule has 0 aliphatic heterocycles. The lowest BCUT2D eigenvalue weighted by atomic mass is 10.1. The summed E-state index contributed by atoms with van der Waals surface area (Å²) in [5.41, 5.74) is 3.36. The number of rotatable bonds is 4. The van der Waals surface area contributed by atoms with Crippen molar-refractivity contribution in [2.24, 2.45) is 0 Å². The Kier molecular flexibility index (Phi) is 3.09. The maximum Gasteiger partial charge on any atom is 0.138 e. The Bertz CT molecular complexity index is 374. The molecule has 0 unspecified atom stereocenters. The van der Waals surface area contributed by atoms with Gasteiger partial charge in [-0.05, 0) is 31.2 Å². The summed E-state index contributed by atoms with van der Waals surface area (Å²) in [6, 6.07) is 0. The molecular weight excluding hydrogens is 188 g/mol. The Hall–Kier alpha value is -1.25. The van der Waals surface area contributed by atoms with Crippen molar-refractivity contribution in [2.45, 2.75) is 45.4 Å². The molecule has 0 saturated heterocycles. The van der Waals surface area contributed by atoms with Crippen molar-refractivity contribution < 1.29 is 4.79 Å². The van der Waals surface area contributed by atoms with Crippen LogP contribution in [0.3, 0.4) is 0 Å². The summed E-state index contributed by atoms with van der Waals surface area (Å²) >= 11 is 0. The van der Waals surface area contributed by atoms with E-state index in [1.807, 2.05) is 6.92 Å². The first-order chi connectivity index (χ1) is 7.31. The number of ketones is 1. The lowest BCUT2D eigenvalue weighted by Gasteiger charge is -2.05. The molecule has 1 aliphatic rings. The van der Waals surface area contributed by atoms with E-state index in [9.17, 15) is 4.79 Å². The highest BCUT2D eigenvalue weighted by Crippen LogP contribution is 2.22. The van der Waals surface area contributed by atoms with Crippen LogP contribution in [-0.2, 0) is 24.1 Å². The molecular formula is C12H16N2O. The Morgan fingerprint density at radius 2 is 2.27 bits per heavy atom. The number of aryl methyl sites for hydroxylation is 1. The molecule has 1 aromatic rings. The van der Waals surface area contributed by atoms with E-state index in [0.29, 0.717) is 18.6 Å². The van der Waals surface area contributed by atoms with Crippen molar-refractivity contribution in [2.75, 3.05) is 0 Å². The highest BCUT2D eigenvalue weighted by Gasteiger charge is 2.18. The van der Waals surface area contributed by atoms with Gasteiger partial charge in [-0.15, -0.1) is 0 Å². The average molecular weight is 204 g/mol. The van der Waals surface area contributed by atoms with E-state index in [2.05, 4.69) is 9.97 Å². The smallest absolute Gasteiger partial charge is 0.138 e. The molecule has 0 radical (unpaired) electrons. The molecule has 2 rings (SSSR count). The fourth-order valence-corrected chi connectivity index (χ4v) is 2.13. The number of fused-ring (bicyclic) bond motifs is 1. The van der Waals surface area contributed by atoms with Gasteiger partial charge >= 0.3 is 0 Å². The summed E-state index contributed by atoms with van der Waals surface area (Å²) in [6.07, 6.45) is 6.93. The minimum absolute atomic E-state index is 0.297. The van der Waals surface area contributed by atoms with Crippen molar-refractivity contribution in [3.8, 4) is 0 Å². The van der Waals surface area contributed by atoms with Gasteiger partial charge < -0.3 is 0 Å². The Morgan fingerprint density at radius 1 is 1.40 bits per heavy atom. The molecule has 0 atom stereocenters. The van der Waals surface area contributed by atoms with Gasteiger partial charge in [0, 0.05) is 18.5 Å². The largest absolute Gasteiger partial charge is 0.299 e. The van der Waals surface area contributed by atoms with Crippen molar-refractivity contribution >= 4 is 5.78 Å². The van der Waals surface area contributed by atoms with Crippen LogP contribution >= 0.6 is 0 Å². The van der Waals surface area contributed by atoms with Gasteiger partial charge in [0.25, 0.3) is 0 Å². The highest BCUT2D eigenvalue weighted by molar-refractivity contribution is 5.80. The Labute approximate surface area is 89.9 Å². The van der Waals surface area contributed by atoms with Gasteiger partial charge in [-0.1, -0.05) is 6.92 Å². The predicted octanol–water partition coefficient (Wildman–Crippen LogP) is 1.88. The minimum atomic E-state index is 0.297. The van der Waals surface area contributed by atoms with E-state index in [4.69, 9.17) is 0 Å². The van der Waals surface area contributed by atoms with E-state index in [1.54, 1.807) is 6.33 Å². The lowest BCUT2D eigenvalue weighted by molar-refractivity contribution is -0.118. The van der Waals surface area contributed by atoms with E-state index in [0.717, 1.165) is 37.1 Å². The molecule has 0 N–H and O–H groups in total. The van der Waals surface area contributed by atoms with Crippen LogP contribution in [0.15, 0.2) is 6.33 Å². The van der Waals surface area contributed by atoms with Gasteiger partial charge in [0.1, 0.15) is 12.1 Å². The summed E-state index contributed by atoms with van der Waals surface area (Å²) in [5.74, 6) is 0.297. The molecule has 0 saturated carbocycles. The van der Waals surface area contributed by atoms with Crippen LogP contribution in [0.1, 0.15) is 43.1 Å². The van der Waals surface area contributed by atoms with Crippen LogP contribution in [0, 0.1) is 0 Å². The van der Waals surface area contributed by atoms with Gasteiger partial charge in [-0.2, -0.15) is 0 Å². The molecule has 0 aromatic carbocycles. The number of carbonyl (C=O) groups is 1. The van der Waals surface area contributed by atoms with Crippen molar-refractivity contribution in [3.63, 3.8) is 0 Å². The number of Topliss-reactive ketones (excluding diaryl/α,β-unsaturated/α-hetero) is 1. The fourth-order valence-electron chi connectivity index (χ4n) is 2.13. The summed E-state index contributed by atoms with van der Waals surface area (Å²) in [6.45, 7) is 2.03. The van der Waals surface area contributed by atoms with Crippen molar-refractivity contribution in [3.05, 3.63) is 23.3 Å². The second-order valence-electron chi connectivity index (χ2n) is 4.06. The predicted molar refractivity (Wildman–Crippen MR) is 57.7 cm³/mol. The Morgan fingerprint density at radius 3 is 3.07 bits per heavy atom. The second-order valence-corrected chi connectivity index (χ2v) is 4.06. The Balaban J connectivity index is 2.15. The number of hydrogen-bond acceptors (Lipinski definition) is 3. The summed E-state index contributed by atoms with van der Waals surface area (Å²) in [7, 11) is 0. The molecule has 1 aromatic heterocycles. The number of carbonyl (C=O) groups excluding carboxylic acids is 1. The third kappa shape index (κ3) is 2.22. The molecule has 0 bridgehead atoms. The summed E-state index contributed by atoms with van der Waals surface area (Å²) < 4.78 is 0. The van der Waals surface area contributed by atoms with E-state index < -0.39 is 0 Å². The van der Waals surface area contributed by atoms with E-state index in [1.165, 1.54) is 5.56 Å². The molecule has 80 valence electrons. The van der Waals surface area contributed by atoms with Gasteiger partial charge in [-0.25, -0.2) is 9.97 Å². The second kappa shape index (κ2) is 4.51. The minimum Gasteiger partial charge on any atom is -0.299 e. The standard InChI is InChI=1S/C12H16N2O/c1-2-4-9(15)7-12-10-5-3-6-11(10)13-8-14-12/h8H,2-7H2,1H3. The molecule has 1 heterocycles. The normalized spacial score (nSPS) is 13.9. The van der Waals surface area contributed by atoms with Crippen LogP contribution in [0.4, 0.5) is 0 Å². The average Bonchev–Trinajstić information content (AvgIpc) is 2.67. The number of nitrogens with zero attached hydrogens (tertiary/aromatic N) is 2. The maximum atomic E-state index is 11.6. The van der Waals surface area contributed by atoms with Gasteiger partial charge in [0.05, 0.1) is 5.69 Å². The van der Waals surface area contributed by atoms with Gasteiger partial charge in [0.15, 0.2) is 0 Å². The third-order valence-corrected chi connectivity index (χ3v) is 2.86. The van der Waals surface area contributed by atoms with Crippen molar-refractivity contribution in [1.82, 2.24) is 9.97 Å². The zero-order valence-corrected chi connectivity index (χ0v) is 9.12. The summed E-state index contributed by atoms with van der Waals surface area (Å²) in [4.78, 5) is 20.0. The maximum absolute atomic E-state index is 11.6. The zero-order valence-electron chi connectivity index (χ0n) is 9.12. The number of hydrogen-bond donors (Lipinski definition) is 0. The van der Waals surface area contributed by atoms with Gasteiger partial charge in [-0.3, -0.25) is 4.79 Å². The first kappa shape index (κ1) is 10.3. The molecule has 3 nitrogen and oxygen atoms in total. The third-order valence-electron chi connectivity index (χ3n) is 2.86.